The van der Waals surface area contributed by atoms with Crippen molar-refractivity contribution in [2.24, 2.45) is 0 Å². The molecule has 0 saturated carbocycles. The quantitative estimate of drug-likeness (QED) is 0.487. The maximum Gasteiger partial charge on any atom is 0.436 e. The van der Waals surface area contributed by atoms with E-state index in [1.54, 1.807) is 11.0 Å². The second kappa shape index (κ2) is 9.43. The molecule has 0 spiro atoms. The van der Waals surface area contributed by atoms with Gasteiger partial charge in [-0.3, -0.25) is 0 Å². The monoisotopic (exact) mass is 491 g/mol. The number of rotatable bonds is 6. The number of carbonyl (C=O) groups excluding carboxylic acids is 1. The molecular weight excluding hydrogens is 471 g/mol. The summed E-state index contributed by atoms with van der Waals surface area (Å²) in [7, 11) is 0. The van der Waals surface area contributed by atoms with E-state index >= 15 is 0 Å². The largest absolute Gasteiger partial charge is 0.446 e. The first-order valence-electron chi connectivity index (χ1n) is 9.79. The predicted octanol–water partition coefficient (Wildman–Crippen LogP) is 3.17. The van der Waals surface area contributed by atoms with Gasteiger partial charge in [0.1, 0.15) is 24.9 Å². The molecule has 1 fully saturated rings. The van der Waals surface area contributed by atoms with E-state index in [-0.39, 0.29) is 24.8 Å². The van der Waals surface area contributed by atoms with Crippen molar-refractivity contribution in [1.82, 2.24) is 14.5 Å². The minimum Gasteiger partial charge on any atom is -0.446 e. The molecule has 2 aromatic rings. The van der Waals surface area contributed by atoms with Crippen LogP contribution in [0.4, 0.5) is 29.6 Å². The number of amides is 1. The minimum atomic E-state index is -4.44. The second-order valence-electron chi connectivity index (χ2n) is 7.82. The Bertz CT molecular complexity index is 1020. The van der Waals surface area contributed by atoms with Crippen molar-refractivity contribution >= 4 is 29.3 Å². The Labute approximate surface area is 191 Å². The minimum absolute atomic E-state index is 0.117. The van der Waals surface area contributed by atoms with Gasteiger partial charge in [-0.2, -0.15) is 13.2 Å². The van der Waals surface area contributed by atoms with Crippen LogP contribution in [-0.4, -0.2) is 69.0 Å². The number of hydrogen-bond acceptors (Lipinski definition) is 7. The van der Waals surface area contributed by atoms with E-state index in [1.165, 1.54) is 24.1 Å². The highest BCUT2D eigenvalue weighted by atomic mass is 35.5. The number of aliphatic hydroxyl groups is 1. The molecule has 2 heterocycles. The van der Waals surface area contributed by atoms with Crippen molar-refractivity contribution in [3.05, 3.63) is 51.3 Å². The van der Waals surface area contributed by atoms with Gasteiger partial charge in [0.25, 0.3) is 0 Å². The van der Waals surface area contributed by atoms with Crippen LogP contribution in [-0.2, 0) is 17.5 Å². The van der Waals surface area contributed by atoms with Crippen LogP contribution in [0.3, 0.4) is 0 Å². The van der Waals surface area contributed by atoms with Gasteiger partial charge in [-0.1, -0.05) is 11.1 Å². The summed E-state index contributed by atoms with van der Waals surface area (Å²) in [4.78, 5) is 29.3. The Morgan fingerprint density at radius 3 is 2.58 bits per heavy atom. The highest BCUT2D eigenvalue weighted by Crippen LogP contribution is 2.32. The maximum atomic E-state index is 12.9. The number of imidazole rings is 1. The average molecular weight is 492 g/mol. The van der Waals surface area contributed by atoms with E-state index in [9.17, 15) is 33.2 Å². The van der Waals surface area contributed by atoms with Gasteiger partial charge in [0.2, 0.25) is 5.15 Å². The second-order valence-corrected chi connectivity index (χ2v) is 8.21. The number of anilines is 1. The molecule has 1 amide bonds. The van der Waals surface area contributed by atoms with Gasteiger partial charge >= 0.3 is 18.2 Å². The first-order chi connectivity index (χ1) is 15.4. The molecule has 10 nitrogen and oxygen atoms in total. The summed E-state index contributed by atoms with van der Waals surface area (Å²) in [5.41, 5.74) is -1.99. The van der Waals surface area contributed by atoms with E-state index < -0.39 is 40.9 Å². The van der Waals surface area contributed by atoms with E-state index in [1.807, 2.05) is 0 Å². The zero-order valence-electron chi connectivity index (χ0n) is 17.5. The van der Waals surface area contributed by atoms with Crippen LogP contribution < -0.4 is 4.90 Å². The Morgan fingerprint density at radius 1 is 1.30 bits per heavy atom. The number of halogens is 4. The van der Waals surface area contributed by atoms with Crippen molar-refractivity contribution in [2.75, 3.05) is 37.7 Å². The molecule has 180 valence electrons. The summed E-state index contributed by atoms with van der Waals surface area (Å²) in [5, 5.41) is 21.4. The molecule has 1 aromatic heterocycles. The topological polar surface area (TPSA) is 114 Å². The average Bonchev–Trinajstić information content (AvgIpc) is 3.11. The molecular formula is C19H21ClF3N5O5. The highest BCUT2D eigenvalue weighted by Gasteiger charge is 2.33. The molecule has 1 N–H and O–H groups in total. The number of alkyl halides is 3. The lowest BCUT2D eigenvalue weighted by atomic mass is 10.1. The Hall–Kier alpha value is -3.06. The normalized spacial score (nSPS) is 16.4. The third kappa shape index (κ3) is 6.26. The Morgan fingerprint density at radius 2 is 1.97 bits per heavy atom. The van der Waals surface area contributed by atoms with Crippen LogP contribution in [0, 0.1) is 10.1 Å². The van der Waals surface area contributed by atoms with Gasteiger partial charge in [-0.05, 0) is 41.6 Å². The maximum absolute atomic E-state index is 12.9. The summed E-state index contributed by atoms with van der Waals surface area (Å²) >= 11 is 5.68. The Kier molecular flexibility index (Phi) is 7.03. The zero-order chi connectivity index (χ0) is 24.4. The number of nitrogens with zero attached hydrogens (tertiary/aromatic N) is 5. The molecule has 1 aliphatic heterocycles. The molecule has 0 unspecified atom stereocenters. The standard InChI is InChI=1S/C19H21ClF3N5O5/c1-18(30,11-27-10-15(20)24-16(27)28(31)32)12-33-17(29)26-7-5-25(6-8-26)14-4-2-3-13(9-14)19(21,22)23/h2-4,9-10,30H,5-8,11-12H2,1H3/t18-/m1/s1. The molecule has 1 saturated heterocycles. The fraction of sp³-hybridized carbons (Fsp3) is 0.474. The molecule has 14 heteroatoms. The fourth-order valence-electron chi connectivity index (χ4n) is 3.38. The predicted molar refractivity (Wildman–Crippen MR) is 111 cm³/mol. The van der Waals surface area contributed by atoms with Gasteiger partial charge in [-0.15, -0.1) is 0 Å². The fourth-order valence-corrected chi connectivity index (χ4v) is 3.58. The number of hydrogen-bond donors (Lipinski definition) is 1. The Balaban J connectivity index is 1.53. The number of nitro groups is 1. The van der Waals surface area contributed by atoms with Crippen molar-refractivity contribution < 1.29 is 32.7 Å². The summed E-state index contributed by atoms with van der Waals surface area (Å²) in [6.45, 7) is 1.61. The third-order valence-corrected chi connectivity index (χ3v) is 5.17. The van der Waals surface area contributed by atoms with E-state index in [0.29, 0.717) is 18.8 Å². The van der Waals surface area contributed by atoms with Gasteiger partial charge < -0.3 is 29.8 Å². The van der Waals surface area contributed by atoms with Crippen LogP contribution in [0.5, 0.6) is 0 Å². The van der Waals surface area contributed by atoms with Crippen LogP contribution >= 0.6 is 11.6 Å². The van der Waals surface area contributed by atoms with Crippen molar-refractivity contribution in [2.45, 2.75) is 25.2 Å². The van der Waals surface area contributed by atoms with Gasteiger partial charge in [0.15, 0.2) is 0 Å². The zero-order valence-corrected chi connectivity index (χ0v) is 18.2. The lowest BCUT2D eigenvalue weighted by Gasteiger charge is -2.36. The molecule has 0 bridgehead atoms. The third-order valence-electron chi connectivity index (χ3n) is 4.98. The molecule has 0 radical (unpaired) electrons. The highest BCUT2D eigenvalue weighted by molar-refractivity contribution is 6.29. The smallest absolute Gasteiger partial charge is 0.436 e. The van der Waals surface area contributed by atoms with Crippen LogP contribution in [0.1, 0.15) is 12.5 Å². The molecule has 3 rings (SSSR count). The van der Waals surface area contributed by atoms with Crippen LogP contribution in [0.2, 0.25) is 5.15 Å². The first-order valence-corrected chi connectivity index (χ1v) is 10.2. The summed E-state index contributed by atoms with van der Waals surface area (Å²) in [5.74, 6) is -0.558. The summed E-state index contributed by atoms with van der Waals surface area (Å²) in [6.07, 6.45) is -3.97. The number of benzene rings is 1. The summed E-state index contributed by atoms with van der Waals surface area (Å²) in [6, 6.07) is 4.96. The lowest BCUT2D eigenvalue weighted by Crippen LogP contribution is -2.50. The first kappa shape index (κ1) is 24.6. The van der Waals surface area contributed by atoms with Crippen molar-refractivity contribution in [3.8, 4) is 0 Å². The molecule has 0 aliphatic carbocycles. The number of piperazine rings is 1. The molecule has 1 atom stereocenters. The van der Waals surface area contributed by atoms with Gasteiger partial charge in [0, 0.05) is 31.9 Å². The molecule has 33 heavy (non-hydrogen) atoms. The number of carbonyl (C=O) groups is 1. The SMILES string of the molecule is C[C@](O)(COC(=O)N1CCN(c2cccc(C(F)(F)F)c2)CC1)Cn1cc(Cl)nc1[N+](=O)[O-]. The summed E-state index contributed by atoms with van der Waals surface area (Å²) < 4.78 is 45.0. The van der Waals surface area contributed by atoms with Crippen LogP contribution in [0.25, 0.3) is 0 Å². The van der Waals surface area contributed by atoms with E-state index in [0.717, 1.165) is 16.7 Å². The van der Waals surface area contributed by atoms with Crippen LogP contribution in [0.15, 0.2) is 30.5 Å². The van der Waals surface area contributed by atoms with E-state index in [4.69, 9.17) is 16.3 Å². The number of ether oxygens (including phenoxy) is 1. The van der Waals surface area contributed by atoms with E-state index in [2.05, 4.69) is 4.98 Å². The van der Waals surface area contributed by atoms with Gasteiger partial charge in [0.05, 0.1) is 5.56 Å². The molecule has 1 aromatic carbocycles. The molecule has 1 aliphatic rings. The lowest BCUT2D eigenvalue weighted by molar-refractivity contribution is -0.397. The van der Waals surface area contributed by atoms with Crippen molar-refractivity contribution in [3.63, 3.8) is 0 Å². The van der Waals surface area contributed by atoms with Gasteiger partial charge in [-0.25, -0.2) is 9.36 Å². The number of aromatic nitrogens is 2. The van der Waals surface area contributed by atoms with Crippen molar-refractivity contribution in [1.29, 1.82) is 0 Å².